The third-order valence-electron chi connectivity index (χ3n) is 3.16. The topological polar surface area (TPSA) is 34.1 Å². The van der Waals surface area contributed by atoms with Gasteiger partial charge in [-0.25, -0.2) is 0 Å². The van der Waals surface area contributed by atoms with Gasteiger partial charge in [-0.3, -0.25) is 9.59 Å². The minimum Gasteiger partial charge on any atom is -0.298 e. The summed E-state index contributed by atoms with van der Waals surface area (Å²) in [6, 6.07) is 5.56. The predicted octanol–water partition coefficient (Wildman–Crippen LogP) is 3.68. The molecule has 2 heteroatoms. The second-order valence-corrected chi connectivity index (χ2v) is 4.42. The summed E-state index contributed by atoms with van der Waals surface area (Å²) in [4.78, 5) is 23.3. The number of carbonyl (C=O) groups excluding carboxylic acids is 2. The molecule has 1 aromatic carbocycles. The first-order valence-corrected chi connectivity index (χ1v) is 6.26. The Labute approximate surface area is 103 Å². The number of rotatable bonds is 6. The zero-order valence-corrected chi connectivity index (χ0v) is 10.8. The second-order valence-electron chi connectivity index (χ2n) is 4.42. The van der Waals surface area contributed by atoms with Crippen molar-refractivity contribution in [3.8, 4) is 0 Å². The maximum Gasteiger partial charge on any atom is 0.166 e. The van der Waals surface area contributed by atoms with E-state index >= 15 is 0 Å². The van der Waals surface area contributed by atoms with Gasteiger partial charge in [0, 0.05) is 17.0 Å². The van der Waals surface area contributed by atoms with E-state index in [4.69, 9.17) is 0 Å². The Morgan fingerprint density at radius 2 is 2.06 bits per heavy atom. The smallest absolute Gasteiger partial charge is 0.166 e. The van der Waals surface area contributed by atoms with Crippen molar-refractivity contribution in [1.82, 2.24) is 0 Å². The molecule has 0 radical (unpaired) electrons. The average molecular weight is 232 g/mol. The molecule has 0 saturated heterocycles. The first-order chi connectivity index (χ1) is 8.15. The molecule has 0 bridgehead atoms. The molecule has 0 spiro atoms. The Kier molecular flexibility index (Phi) is 5.08. The molecule has 1 aromatic rings. The van der Waals surface area contributed by atoms with Crippen LogP contribution in [0.2, 0.25) is 0 Å². The zero-order chi connectivity index (χ0) is 12.8. The molecule has 0 N–H and O–H groups in total. The van der Waals surface area contributed by atoms with Crippen molar-refractivity contribution in [2.24, 2.45) is 5.92 Å². The van der Waals surface area contributed by atoms with E-state index in [1.54, 1.807) is 6.07 Å². The number of aryl methyl sites for hydroxylation is 1. The van der Waals surface area contributed by atoms with Gasteiger partial charge in [-0.1, -0.05) is 45.4 Å². The summed E-state index contributed by atoms with van der Waals surface area (Å²) in [7, 11) is 0. The lowest BCUT2D eigenvalue weighted by Crippen LogP contribution is -2.13. The van der Waals surface area contributed by atoms with E-state index in [1.165, 1.54) is 0 Å². The van der Waals surface area contributed by atoms with Crippen molar-refractivity contribution in [1.29, 1.82) is 0 Å². The minimum atomic E-state index is -0.0226. The van der Waals surface area contributed by atoms with E-state index in [9.17, 15) is 9.59 Å². The highest BCUT2D eigenvalue weighted by molar-refractivity contribution is 6.04. The van der Waals surface area contributed by atoms with E-state index < -0.39 is 0 Å². The fraction of sp³-hybridized carbons (Fsp3) is 0.467. The fourth-order valence-electron chi connectivity index (χ4n) is 1.91. The third-order valence-corrected chi connectivity index (χ3v) is 3.16. The van der Waals surface area contributed by atoms with Gasteiger partial charge in [0.25, 0.3) is 0 Å². The molecule has 0 heterocycles. The first kappa shape index (κ1) is 13.6. The van der Waals surface area contributed by atoms with Gasteiger partial charge in [0.15, 0.2) is 12.1 Å². The molecule has 0 aliphatic carbocycles. The molecule has 0 amide bonds. The highest BCUT2D eigenvalue weighted by atomic mass is 16.1. The normalized spacial score (nSPS) is 12.2. The van der Waals surface area contributed by atoms with Crippen molar-refractivity contribution < 1.29 is 9.59 Å². The Bertz CT molecular complexity index is 407. The monoisotopic (exact) mass is 232 g/mol. The van der Waals surface area contributed by atoms with Crippen LogP contribution in [0.5, 0.6) is 0 Å². The molecule has 0 aromatic heterocycles. The standard InChI is InChI=1S/C15H20O2/c1-4-7-12-8-6-9-13(14(12)10-16)15(17)11(3)5-2/h6,8-11H,4-5,7H2,1-3H3. The Balaban J connectivity index is 3.19. The van der Waals surface area contributed by atoms with Gasteiger partial charge in [0.05, 0.1) is 0 Å². The van der Waals surface area contributed by atoms with Gasteiger partial charge in [-0.2, -0.15) is 0 Å². The fourth-order valence-corrected chi connectivity index (χ4v) is 1.91. The molecular weight excluding hydrogens is 212 g/mol. The Hall–Kier alpha value is -1.44. The summed E-state index contributed by atoms with van der Waals surface area (Å²) in [6.07, 6.45) is 3.44. The van der Waals surface area contributed by atoms with Crippen LogP contribution in [-0.2, 0) is 6.42 Å². The van der Waals surface area contributed by atoms with Gasteiger partial charge in [-0.15, -0.1) is 0 Å². The van der Waals surface area contributed by atoms with Crippen molar-refractivity contribution in [3.63, 3.8) is 0 Å². The number of Topliss-reactive ketones (excluding diaryl/α,β-unsaturated/α-hetero) is 1. The van der Waals surface area contributed by atoms with Gasteiger partial charge in [0.1, 0.15) is 0 Å². The predicted molar refractivity (Wildman–Crippen MR) is 69.6 cm³/mol. The highest BCUT2D eigenvalue weighted by Gasteiger charge is 2.18. The average Bonchev–Trinajstić information content (AvgIpc) is 2.37. The summed E-state index contributed by atoms with van der Waals surface area (Å²) >= 11 is 0. The number of benzene rings is 1. The Morgan fingerprint density at radius 3 is 2.59 bits per heavy atom. The summed E-state index contributed by atoms with van der Waals surface area (Å²) < 4.78 is 0. The quantitative estimate of drug-likeness (QED) is 0.554. The summed E-state index contributed by atoms with van der Waals surface area (Å²) in [5, 5.41) is 0. The van der Waals surface area contributed by atoms with Crippen LogP contribution in [0.1, 0.15) is 59.9 Å². The van der Waals surface area contributed by atoms with Gasteiger partial charge in [-0.05, 0) is 18.4 Å². The molecule has 17 heavy (non-hydrogen) atoms. The number of ketones is 1. The second kappa shape index (κ2) is 6.33. The van der Waals surface area contributed by atoms with E-state index in [0.717, 1.165) is 31.1 Å². The molecule has 1 unspecified atom stereocenters. The summed E-state index contributed by atoms with van der Waals surface area (Å²) in [5.74, 6) is 0.0538. The third kappa shape index (κ3) is 3.02. The van der Waals surface area contributed by atoms with E-state index in [-0.39, 0.29) is 11.7 Å². The largest absolute Gasteiger partial charge is 0.298 e. The molecule has 2 nitrogen and oxygen atoms in total. The summed E-state index contributed by atoms with van der Waals surface area (Å²) in [5.41, 5.74) is 2.15. The molecule has 0 fully saturated rings. The van der Waals surface area contributed by atoms with Crippen LogP contribution in [0.25, 0.3) is 0 Å². The number of aldehydes is 1. The molecule has 92 valence electrons. The van der Waals surface area contributed by atoms with Crippen molar-refractivity contribution in [2.75, 3.05) is 0 Å². The maximum absolute atomic E-state index is 12.2. The first-order valence-electron chi connectivity index (χ1n) is 6.26. The lowest BCUT2D eigenvalue weighted by atomic mass is 9.90. The number of hydrogen-bond donors (Lipinski definition) is 0. The van der Waals surface area contributed by atoms with Crippen LogP contribution in [-0.4, -0.2) is 12.1 Å². The highest BCUT2D eigenvalue weighted by Crippen LogP contribution is 2.19. The molecular formula is C15H20O2. The van der Waals surface area contributed by atoms with Crippen molar-refractivity contribution in [2.45, 2.75) is 40.0 Å². The van der Waals surface area contributed by atoms with Crippen LogP contribution < -0.4 is 0 Å². The van der Waals surface area contributed by atoms with E-state index in [2.05, 4.69) is 6.92 Å². The molecule has 1 atom stereocenters. The van der Waals surface area contributed by atoms with Crippen LogP contribution in [0.15, 0.2) is 18.2 Å². The summed E-state index contributed by atoms with van der Waals surface area (Å²) in [6.45, 7) is 5.96. The molecule has 0 saturated carbocycles. The van der Waals surface area contributed by atoms with Crippen LogP contribution >= 0.6 is 0 Å². The molecule has 1 rings (SSSR count). The van der Waals surface area contributed by atoms with Gasteiger partial charge < -0.3 is 0 Å². The van der Waals surface area contributed by atoms with Crippen molar-refractivity contribution in [3.05, 3.63) is 34.9 Å². The van der Waals surface area contributed by atoms with Crippen LogP contribution in [0, 0.1) is 5.92 Å². The van der Waals surface area contributed by atoms with Gasteiger partial charge in [0.2, 0.25) is 0 Å². The Morgan fingerprint density at radius 1 is 1.35 bits per heavy atom. The number of carbonyl (C=O) groups is 2. The van der Waals surface area contributed by atoms with Crippen LogP contribution in [0.4, 0.5) is 0 Å². The number of hydrogen-bond acceptors (Lipinski definition) is 2. The zero-order valence-electron chi connectivity index (χ0n) is 10.8. The lowest BCUT2D eigenvalue weighted by Gasteiger charge is -2.12. The van der Waals surface area contributed by atoms with E-state index in [0.29, 0.717) is 11.1 Å². The lowest BCUT2D eigenvalue weighted by molar-refractivity contribution is 0.0922. The van der Waals surface area contributed by atoms with E-state index in [1.807, 2.05) is 26.0 Å². The minimum absolute atomic E-state index is 0.0226. The maximum atomic E-state index is 12.2. The molecule has 0 aliphatic heterocycles. The van der Waals surface area contributed by atoms with Crippen LogP contribution in [0.3, 0.4) is 0 Å². The SMILES string of the molecule is CCCc1cccc(C(=O)C(C)CC)c1C=O. The van der Waals surface area contributed by atoms with Crippen molar-refractivity contribution >= 4 is 12.1 Å². The molecule has 0 aliphatic rings. The van der Waals surface area contributed by atoms with Gasteiger partial charge >= 0.3 is 0 Å².